The summed E-state index contributed by atoms with van der Waals surface area (Å²) in [6, 6.07) is 7.21. The molecule has 0 aliphatic carbocycles. The quantitative estimate of drug-likeness (QED) is 0.244. The Morgan fingerprint density at radius 3 is 2.50 bits per heavy atom. The lowest BCUT2D eigenvalue weighted by molar-refractivity contribution is -0.168. The van der Waals surface area contributed by atoms with E-state index in [9.17, 15) is 13.9 Å². The maximum atomic E-state index is 14.9. The molecule has 2 aromatic carbocycles. The highest BCUT2D eigenvalue weighted by atomic mass is 19.3. The second-order valence-electron chi connectivity index (χ2n) is 9.91. The molecule has 38 heavy (non-hydrogen) atoms. The van der Waals surface area contributed by atoms with Crippen LogP contribution in [-0.4, -0.2) is 60.3 Å². The third kappa shape index (κ3) is 5.90. The van der Waals surface area contributed by atoms with Gasteiger partial charge in [0.15, 0.2) is 11.5 Å². The number of rotatable bonds is 11. The van der Waals surface area contributed by atoms with Crippen molar-refractivity contribution >= 4 is 22.4 Å². The molecule has 0 radical (unpaired) electrons. The van der Waals surface area contributed by atoms with E-state index in [-0.39, 0.29) is 17.4 Å². The zero-order valence-electron chi connectivity index (χ0n) is 22.2. The third-order valence-electron chi connectivity index (χ3n) is 6.36. The van der Waals surface area contributed by atoms with E-state index in [1.165, 1.54) is 12.1 Å². The molecule has 1 atom stereocenters. The average molecular weight is 533 g/mol. The van der Waals surface area contributed by atoms with Gasteiger partial charge in [-0.15, -0.1) is 0 Å². The van der Waals surface area contributed by atoms with Crippen LogP contribution < -0.4 is 20.5 Å². The number of alkyl halides is 2. The van der Waals surface area contributed by atoms with Gasteiger partial charge >= 0.3 is 5.92 Å². The van der Waals surface area contributed by atoms with Crippen LogP contribution in [0.3, 0.4) is 0 Å². The number of hydrogen-bond acceptors (Lipinski definition) is 9. The van der Waals surface area contributed by atoms with Gasteiger partial charge in [-0.3, -0.25) is 0 Å². The van der Waals surface area contributed by atoms with Crippen molar-refractivity contribution in [2.24, 2.45) is 0 Å². The molecule has 3 aromatic rings. The van der Waals surface area contributed by atoms with Crippen LogP contribution in [0.5, 0.6) is 11.5 Å². The predicted octanol–water partition coefficient (Wildman–Crippen LogP) is 4.36. The summed E-state index contributed by atoms with van der Waals surface area (Å²) in [5.74, 6) is -1.49. The number of aliphatic hydroxyl groups is 1. The molecule has 1 aliphatic rings. The molecule has 0 saturated carbocycles. The lowest BCUT2D eigenvalue weighted by Crippen LogP contribution is -2.40. The number of benzene rings is 2. The maximum Gasteiger partial charge on any atom is 0.300 e. The van der Waals surface area contributed by atoms with Crippen molar-refractivity contribution in [2.75, 3.05) is 44.6 Å². The van der Waals surface area contributed by atoms with Crippen molar-refractivity contribution in [2.45, 2.75) is 51.4 Å². The van der Waals surface area contributed by atoms with Gasteiger partial charge in [0, 0.05) is 22.7 Å². The van der Waals surface area contributed by atoms with Crippen LogP contribution in [0, 0.1) is 6.92 Å². The smallest absolute Gasteiger partial charge is 0.300 e. The van der Waals surface area contributed by atoms with E-state index in [4.69, 9.17) is 24.7 Å². The van der Waals surface area contributed by atoms with E-state index < -0.39 is 17.6 Å². The molecule has 4 rings (SSSR count). The fraction of sp³-hybridized carbons (Fsp3) is 0.481. The summed E-state index contributed by atoms with van der Waals surface area (Å²) in [4.78, 5) is 9.08. The second-order valence-corrected chi connectivity index (χ2v) is 9.91. The van der Waals surface area contributed by atoms with E-state index in [1.807, 2.05) is 6.92 Å². The summed E-state index contributed by atoms with van der Waals surface area (Å²) in [7, 11) is 1.55. The third-order valence-corrected chi connectivity index (χ3v) is 6.36. The predicted molar refractivity (Wildman–Crippen MR) is 140 cm³/mol. The molecule has 2 heterocycles. The molecule has 1 aliphatic heterocycles. The van der Waals surface area contributed by atoms with Gasteiger partial charge in [-0.2, -0.15) is 8.78 Å². The van der Waals surface area contributed by atoms with Crippen molar-refractivity contribution in [3.63, 3.8) is 0 Å². The second kappa shape index (κ2) is 10.8. The number of aromatic nitrogens is 2. The number of ether oxygens (including phenoxy) is 4. The van der Waals surface area contributed by atoms with Crippen LogP contribution >= 0.6 is 0 Å². The molecule has 4 N–H and O–H groups in total. The lowest BCUT2D eigenvalue weighted by atomic mass is 9.91. The molecule has 0 bridgehead atoms. The number of aryl methyl sites for hydroxylation is 1. The Morgan fingerprint density at radius 2 is 1.87 bits per heavy atom. The first-order chi connectivity index (χ1) is 17.9. The topological polar surface area (TPSA) is 121 Å². The van der Waals surface area contributed by atoms with Crippen molar-refractivity contribution in [1.82, 2.24) is 9.97 Å². The number of nitrogen functional groups attached to an aromatic ring is 1. The highest BCUT2D eigenvalue weighted by Crippen LogP contribution is 2.41. The van der Waals surface area contributed by atoms with Crippen molar-refractivity contribution < 1.29 is 32.8 Å². The zero-order valence-corrected chi connectivity index (χ0v) is 22.2. The Morgan fingerprint density at radius 1 is 1.13 bits per heavy atom. The Balaban J connectivity index is 1.62. The number of methoxy groups -OCH3 is 1. The Labute approximate surface area is 220 Å². The number of halogens is 2. The van der Waals surface area contributed by atoms with Crippen LogP contribution in [0.2, 0.25) is 0 Å². The standard InChI is InChI=1S/C27H34F2N4O5/c1-15(17-8-18(10-19(30)9-17)27(28,29)26(3,4)34)31-25-21-11-24(38-7-6-37-20-13-36-14-20)23(35-5)12-22(21)32-16(2)33-25/h8-12,15,20,34H,6-7,13-14,30H2,1-5H3,(H,31,32,33)/t15-/m1/s1. The van der Waals surface area contributed by atoms with Gasteiger partial charge in [0.05, 0.1) is 38.5 Å². The first-order valence-electron chi connectivity index (χ1n) is 12.3. The molecule has 11 heteroatoms. The normalized spacial score (nSPS) is 15.3. The van der Waals surface area contributed by atoms with E-state index in [0.717, 1.165) is 13.8 Å². The number of fused-ring (bicyclic) bond motifs is 1. The van der Waals surface area contributed by atoms with E-state index in [2.05, 4.69) is 15.3 Å². The molecule has 1 saturated heterocycles. The Kier molecular flexibility index (Phi) is 7.91. The fourth-order valence-electron chi connectivity index (χ4n) is 4.06. The molecular formula is C27H34F2N4O5. The lowest BCUT2D eigenvalue weighted by Gasteiger charge is -2.30. The summed E-state index contributed by atoms with van der Waals surface area (Å²) < 4.78 is 52.0. The number of nitrogens with one attached hydrogen (secondary N) is 1. The number of nitrogens with zero attached hydrogens (tertiary/aromatic N) is 2. The first kappa shape index (κ1) is 27.7. The Bertz CT molecular complexity index is 1290. The minimum absolute atomic E-state index is 0.0988. The molecule has 9 nitrogen and oxygen atoms in total. The van der Waals surface area contributed by atoms with E-state index in [0.29, 0.717) is 66.0 Å². The summed E-state index contributed by atoms with van der Waals surface area (Å²) in [6.07, 6.45) is 0.0988. The minimum atomic E-state index is -3.51. The van der Waals surface area contributed by atoms with E-state index in [1.54, 1.807) is 32.2 Å². The van der Waals surface area contributed by atoms with Crippen molar-refractivity contribution in [3.05, 3.63) is 47.3 Å². The number of hydrogen-bond donors (Lipinski definition) is 3. The van der Waals surface area contributed by atoms with Crippen LogP contribution in [0.25, 0.3) is 10.9 Å². The molecule has 1 aromatic heterocycles. The van der Waals surface area contributed by atoms with Crippen LogP contribution in [0.1, 0.15) is 43.8 Å². The molecule has 0 spiro atoms. The maximum absolute atomic E-state index is 14.9. The highest BCUT2D eigenvalue weighted by molar-refractivity contribution is 5.92. The average Bonchev–Trinajstić information content (AvgIpc) is 2.81. The number of nitrogens with two attached hydrogens (primary N) is 1. The van der Waals surface area contributed by atoms with Gasteiger partial charge in [-0.05, 0) is 57.5 Å². The fourth-order valence-corrected chi connectivity index (χ4v) is 4.06. The van der Waals surface area contributed by atoms with Crippen molar-refractivity contribution in [1.29, 1.82) is 0 Å². The summed E-state index contributed by atoms with van der Waals surface area (Å²) in [5, 5.41) is 14.0. The van der Waals surface area contributed by atoms with E-state index >= 15 is 0 Å². The van der Waals surface area contributed by atoms with Gasteiger partial charge in [0.25, 0.3) is 0 Å². The summed E-state index contributed by atoms with van der Waals surface area (Å²) >= 11 is 0. The van der Waals surface area contributed by atoms with Crippen molar-refractivity contribution in [3.8, 4) is 11.5 Å². The molecule has 206 valence electrons. The van der Waals surface area contributed by atoms with Crippen LogP contribution in [0.4, 0.5) is 20.3 Å². The van der Waals surface area contributed by atoms with Crippen LogP contribution in [0.15, 0.2) is 30.3 Å². The Hall–Kier alpha value is -3.28. The highest BCUT2D eigenvalue weighted by Gasteiger charge is 2.47. The zero-order chi connectivity index (χ0) is 27.7. The van der Waals surface area contributed by atoms with Gasteiger partial charge in [0.2, 0.25) is 0 Å². The molecule has 0 amide bonds. The minimum Gasteiger partial charge on any atom is -0.493 e. The first-order valence-corrected chi connectivity index (χ1v) is 12.3. The summed E-state index contributed by atoms with van der Waals surface area (Å²) in [6.45, 7) is 7.59. The molecular weight excluding hydrogens is 498 g/mol. The molecule has 1 fully saturated rings. The largest absolute Gasteiger partial charge is 0.493 e. The monoisotopic (exact) mass is 532 g/mol. The van der Waals surface area contributed by atoms with Gasteiger partial charge < -0.3 is 35.1 Å². The van der Waals surface area contributed by atoms with Gasteiger partial charge in [-0.1, -0.05) is 0 Å². The number of anilines is 2. The SMILES string of the molecule is COc1cc2nc(C)nc(N[C@H](C)c3cc(N)cc(C(F)(F)C(C)(C)O)c3)c2cc1OCCOC1COC1. The van der Waals surface area contributed by atoms with Gasteiger partial charge in [0.1, 0.15) is 30.0 Å². The molecule has 0 unspecified atom stereocenters. The van der Waals surface area contributed by atoms with Gasteiger partial charge in [-0.25, -0.2) is 9.97 Å². The summed E-state index contributed by atoms with van der Waals surface area (Å²) in [5.41, 5.74) is 4.64. The van der Waals surface area contributed by atoms with Crippen LogP contribution in [-0.2, 0) is 15.4 Å².